The molecule has 21 heavy (non-hydrogen) atoms. The largest absolute Gasteiger partial charge is 0.356 e. The third-order valence-electron chi connectivity index (χ3n) is 4.90. The summed E-state index contributed by atoms with van der Waals surface area (Å²) >= 11 is 0. The van der Waals surface area contributed by atoms with Crippen molar-refractivity contribution in [3.05, 3.63) is 0 Å². The molecule has 2 fully saturated rings. The van der Waals surface area contributed by atoms with Gasteiger partial charge in [0.05, 0.1) is 0 Å². The van der Waals surface area contributed by atoms with Crippen molar-refractivity contribution in [1.29, 1.82) is 0 Å². The third-order valence-corrected chi connectivity index (χ3v) is 4.90. The Morgan fingerprint density at radius 3 is 1.43 bits per heavy atom. The predicted molar refractivity (Wildman–Crippen MR) is 83.8 cm³/mol. The first kappa shape index (κ1) is 16.3. The van der Waals surface area contributed by atoms with E-state index in [1.165, 1.54) is 38.5 Å². The molecule has 0 bridgehead atoms. The van der Waals surface area contributed by atoms with E-state index in [9.17, 15) is 9.59 Å². The Hall–Kier alpha value is -1.06. The summed E-state index contributed by atoms with van der Waals surface area (Å²) in [4.78, 5) is 23.9. The van der Waals surface area contributed by atoms with Gasteiger partial charge >= 0.3 is 0 Å². The van der Waals surface area contributed by atoms with E-state index >= 15 is 0 Å². The zero-order chi connectivity index (χ0) is 14.9. The number of rotatable bonds is 6. The Labute approximate surface area is 128 Å². The third kappa shape index (κ3) is 5.68. The second-order valence-corrected chi connectivity index (χ2v) is 6.61. The summed E-state index contributed by atoms with van der Waals surface area (Å²) in [6.07, 6.45) is 12.3. The zero-order valence-corrected chi connectivity index (χ0v) is 13.2. The van der Waals surface area contributed by atoms with Crippen molar-refractivity contribution in [2.24, 2.45) is 11.8 Å². The van der Waals surface area contributed by atoms with Crippen LogP contribution in [0.1, 0.15) is 70.6 Å². The molecule has 2 rings (SSSR count). The molecule has 0 spiro atoms. The van der Waals surface area contributed by atoms with E-state index in [1.807, 2.05) is 0 Å². The lowest BCUT2D eigenvalue weighted by atomic mass is 9.88. The van der Waals surface area contributed by atoms with Crippen molar-refractivity contribution in [3.8, 4) is 0 Å². The van der Waals surface area contributed by atoms with Crippen LogP contribution >= 0.6 is 0 Å². The monoisotopic (exact) mass is 294 g/mol. The quantitative estimate of drug-likeness (QED) is 0.740. The van der Waals surface area contributed by atoms with Gasteiger partial charge in [-0.2, -0.15) is 0 Å². The van der Waals surface area contributed by atoms with Gasteiger partial charge in [0.15, 0.2) is 0 Å². The molecular formula is C17H30N2O2. The standard InChI is InChI=1S/C17H30N2O2/c20-16(14-8-3-1-4-9-14)18-12-7-13-19-17(21)15-10-5-2-6-11-15/h14-15H,1-13H2,(H,18,20)(H,19,21). The van der Waals surface area contributed by atoms with Gasteiger partial charge in [-0.1, -0.05) is 38.5 Å². The average Bonchev–Trinajstić information content (AvgIpc) is 2.55. The summed E-state index contributed by atoms with van der Waals surface area (Å²) in [6.45, 7) is 1.36. The Balaban J connectivity index is 1.51. The fraction of sp³-hybridized carbons (Fsp3) is 0.882. The second kappa shape index (κ2) is 9.06. The van der Waals surface area contributed by atoms with Gasteiger partial charge in [-0.05, 0) is 32.1 Å². The maximum atomic E-state index is 11.9. The minimum atomic E-state index is 0.216. The number of carbonyl (C=O) groups is 2. The summed E-state index contributed by atoms with van der Waals surface area (Å²) < 4.78 is 0. The highest BCUT2D eigenvalue weighted by Crippen LogP contribution is 2.24. The van der Waals surface area contributed by atoms with Crippen LogP contribution in [0, 0.1) is 11.8 Å². The molecule has 0 aromatic carbocycles. The fourth-order valence-corrected chi connectivity index (χ4v) is 3.53. The van der Waals surface area contributed by atoms with Gasteiger partial charge in [-0.15, -0.1) is 0 Å². The van der Waals surface area contributed by atoms with E-state index in [2.05, 4.69) is 10.6 Å². The average molecular weight is 294 g/mol. The van der Waals surface area contributed by atoms with Gasteiger partial charge in [0.1, 0.15) is 0 Å². The van der Waals surface area contributed by atoms with Crippen LogP contribution in [0.3, 0.4) is 0 Å². The van der Waals surface area contributed by atoms with Crippen molar-refractivity contribution < 1.29 is 9.59 Å². The van der Waals surface area contributed by atoms with E-state index in [0.29, 0.717) is 13.1 Å². The van der Waals surface area contributed by atoms with Gasteiger partial charge in [0.25, 0.3) is 0 Å². The van der Waals surface area contributed by atoms with Gasteiger partial charge < -0.3 is 10.6 Å². The van der Waals surface area contributed by atoms with Crippen LogP contribution < -0.4 is 10.6 Å². The molecule has 2 N–H and O–H groups in total. The van der Waals surface area contributed by atoms with Crippen LogP contribution in [0.4, 0.5) is 0 Å². The molecule has 0 aromatic rings. The summed E-state index contributed by atoms with van der Waals surface area (Å²) in [5, 5.41) is 6.03. The van der Waals surface area contributed by atoms with Crippen molar-refractivity contribution in [2.45, 2.75) is 70.6 Å². The number of amides is 2. The highest BCUT2D eigenvalue weighted by molar-refractivity contribution is 5.79. The molecule has 0 saturated heterocycles. The smallest absolute Gasteiger partial charge is 0.223 e. The van der Waals surface area contributed by atoms with Gasteiger partial charge in [-0.3, -0.25) is 9.59 Å². The second-order valence-electron chi connectivity index (χ2n) is 6.61. The Bertz CT molecular complexity index is 300. The highest BCUT2D eigenvalue weighted by Gasteiger charge is 2.21. The van der Waals surface area contributed by atoms with Gasteiger partial charge in [0, 0.05) is 24.9 Å². The Kier molecular flexibility index (Phi) is 7.04. The summed E-state index contributed by atoms with van der Waals surface area (Å²) in [7, 11) is 0. The van der Waals surface area contributed by atoms with E-state index in [0.717, 1.165) is 32.1 Å². The molecule has 120 valence electrons. The first-order chi connectivity index (χ1) is 10.3. The molecule has 2 saturated carbocycles. The van der Waals surface area contributed by atoms with Crippen LogP contribution in [-0.4, -0.2) is 24.9 Å². The SMILES string of the molecule is O=C(NCCCNC(=O)C1CCCCC1)C1CCCCC1. The first-order valence-corrected chi connectivity index (χ1v) is 8.83. The molecule has 4 nitrogen and oxygen atoms in total. The first-order valence-electron chi connectivity index (χ1n) is 8.83. The van der Waals surface area contributed by atoms with Gasteiger partial charge in [0.2, 0.25) is 11.8 Å². The maximum absolute atomic E-state index is 11.9. The number of hydrogen-bond donors (Lipinski definition) is 2. The van der Waals surface area contributed by atoms with Crippen LogP contribution in [0.2, 0.25) is 0 Å². The molecule has 0 radical (unpaired) electrons. The maximum Gasteiger partial charge on any atom is 0.223 e. The lowest BCUT2D eigenvalue weighted by Crippen LogP contribution is -2.36. The molecular weight excluding hydrogens is 264 g/mol. The van der Waals surface area contributed by atoms with Crippen LogP contribution in [0.15, 0.2) is 0 Å². The minimum absolute atomic E-state index is 0.216. The molecule has 4 heteroatoms. The van der Waals surface area contributed by atoms with Gasteiger partial charge in [-0.25, -0.2) is 0 Å². The lowest BCUT2D eigenvalue weighted by molar-refractivity contribution is -0.126. The van der Waals surface area contributed by atoms with Crippen molar-refractivity contribution in [2.75, 3.05) is 13.1 Å². The summed E-state index contributed by atoms with van der Waals surface area (Å²) in [5.74, 6) is 0.896. The lowest BCUT2D eigenvalue weighted by Gasteiger charge is -2.21. The Morgan fingerprint density at radius 2 is 1.05 bits per heavy atom. The minimum Gasteiger partial charge on any atom is -0.356 e. The van der Waals surface area contributed by atoms with E-state index < -0.39 is 0 Å². The molecule has 2 amide bonds. The topological polar surface area (TPSA) is 58.2 Å². The van der Waals surface area contributed by atoms with Crippen molar-refractivity contribution in [3.63, 3.8) is 0 Å². The molecule has 0 aliphatic heterocycles. The molecule has 2 aliphatic rings. The summed E-state index contributed by atoms with van der Waals surface area (Å²) in [6, 6.07) is 0. The number of hydrogen-bond acceptors (Lipinski definition) is 2. The molecule has 0 heterocycles. The fourth-order valence-electron chi connectivity index (χ4n) is 3.53. The molecule has 0 aromatic heterocycles. The van der Waals surface area contributed by atoms with Crippen molar-refractivity contribution >= 4 is 11.8 Å². The van der Waals surface area contributed by atoms with Crippen LogP contribution in [0.5, 0.6) is 0 Å². The van der Waals surface area contributed by atoms with E-state index in [1.54, 1.807) is 0 Å². The highest BCUT2D eigenvalue weighted by atomic mass is 16.2. The number of carbonyl (C=O) groups excluding carboxylic acids is 2. The molecule has 0 atom stereocenters. The van der Waals surface area contributed by atoms with Crippen LogP contribution in [-0.2, 0) is 9.59 Å². The number of nitrogens with one attached hydrogen (secondary N) is 2. The summed E-state index contributed by atoms with van der Waals surface area (Å²) in [5.41, 5.74) is 0. The molecule has 0 unspecified atom stereocenters. The zero-order valence-electron chi connectivity index (χ0n) is 13.2. The van der Waals surface area contributed by atoms with Crippen molar-refractivity contribution in [1.82, 2.24) is 10.6 Å². The molecule has 2 aliphatic carbocycles. The normalized spacial score (nSPS) is 21.0. The van der Waals surface area contributed by atoms with E-state index in [4.69, 9.17) is 0 Å². The predicted octanol–water partition coefficient (Wildman–Crippen LogP) is 2.77. The van der Waals surface area contributed by atoms with Crippen LogP contribution in [0.25, 0.3) is 0 Å². The van der Waals surface area contributed by atoms with E-state index in [-0.39, 0.29) is 23.7 Å². The Morgan fingerprint density at radius 1 is 0.667 bits per heavy atom.